The van der Waals surface area contributed by atoms with Gasteiger partial charge in [-0.15, -0.1) is 0 Å². The van der Waals surface area contributed by atoms with Gasteiger partial charge in [-0.25, -0.2) is 9.79 Å². The summed E-state index contributed by atoms with van der Waals surface area (Å²) in [5.74, 6) is 0.740. The van der Waals surface area contributed by atoms with E-state index in [1.165, 1.54) is 6.08 Å². The molecule has 0 aliphatic heterocycles. The maximum Gasteiger partial charge on any atom is 0.235 e. The number of halogens is 1. The molecule has 0 aliphatic carbocycles. The second-order valence-corrected chi connectivity index (χ2v) is 3.62. The molecule has 0 unspecified atom stereocenters. The Morgan fingerprint density at radius 3 is 2.86 bits per heavy atom. The van der Waals surface area contributed by atoms with E-state index in [0.29, 0.717) is 6.54 Å². The SMILES string of the molecule is COc1ccc(Br)c(C)c1CN=C=O. The molecule has 0 saturated heterocycles. The topological polar surface area (TPSA) is 38.7 Å². The molecule has 1 aromatic carbocycles. The number of carbonyl (C=O) groups excluding carboxylic acids is 1. The fourth-order valence-corrected chi connectivity index (χ4v) is 1.57. The normalized spacial score (nSPS) is 9.36. The first kappa shape index (κ1) is 11.0. The molecular formula is C10H10BrNO2. The third-order valence-corrected chi connectivity index (χ3v) is 2.87. The van der Waals surface area contributed by atoms with E-state index in [1.807, 2.05) is 19.1 Å². The number of isocyanates is 1. The van der Waals surface area contributed by atoms with Crippen LogP contribution in [0.4, 0.5) is 0 Å². The third kappa shape index (κ3) is 2.22. The molecule has 0 fully saturated rings. The van der Waals surface area contributed by atoms with Crippen LogP contribution in [0.25, 0.3) is 0 Å². The standard InChI is InChI=1S/C10H10BrNO2/c1-7-8(5-12-6-13)10(14-2)4-3-9(7)11/h3-4H,5H2,1-2H3. The van der Waals surface area contributed by atoms with Crippen molar-refractivity contribution in [2.24, 2.45) is 4.99 Å². The molecule has 0 N–H and O–H groups in total. The predicted molar refractivity (Wildman–Crippen MR) is 57.3 cm³/mol. The van der Waals surface area contributed by atoms with Crippen molar-refractivity contribution >= 4 is 22.0 Å². The molecule has 0 amide bonds. The highest BCUT2D eigenvalue weighted by Crippen LogP contribution is 2.28. The summed E-state index contributed by atoms with van der Waals surface area (Å²) < 4.78 is 6.15. The number of methoxy groups -OCH3 is 1. The van der Waals surface area contributed by atoms with Gasteiger partial charge in [0.05, 0.1) is 13.7 Å². The van der Waals surface area contributed by atoms with Gasteiger partial charge in [0.25, 0.3) is 0 Å². The summed E-state index contributed by atoms with van der Waals surface area (Å²) in [6.45, 7) is 2.25. The van der Waals surface area contributed by atoms with Crippen molar-refractivity contribution in [3.05, 3.63) is 27.7 Å². The van der Waals surface area contributed by atoms with Gasteiger partial charge in [-0.05, 0) is 24.6 Å². The second kappa shape index (κ2) is 4.94. The second-order valence-electron chi connectivity index (χ2n) is 2.76. The third-order valence-electron chi connectivity index (χ3n) is 2.01. The quantitative estimate of drug-likeness (QED) is 0.615. The Hall–Kier alpha value is -1.12. The van der Waals surface area contributed by atoms with Crippen LogP contribution in [0, 0.1) is 6.92 Å². The van der Waals surface area contributed by atoms with Crippen molar-refractivity contribution in [3.63, 3.8) is 0 Å². The molecule has 0 aliphatic rings. The van der Waals surface area contributed by atoms with Gasteiger partial charge in [0.1, 0.15) is 5.75 Å². The minimum atomic E-state index is 0.304. The number of nitrogens with zero attached hydrogens (tertiary/aromatic N) is 1. The number of rotatable bonds is 3. The molecule has 0 spiro atoms. The summed E-state index contributed by atoms with van der Waals surface area (Å²) >= 11 is 3.41. The lowest BCUT2D eigenvalue weighted by molar-refractivity contribution is 0.409. The van der Waals surface area contributed by atoms with Crippen molar-refractivity contribution < 1.29 is 9.53 Å². The van der Waals surface area contributed by atoms with Crippen LogP contribution < -0.4 is 4.74 Å². The Bertz CT molecular complexity index is 384. The van der Waals surface area contributed by atoms with Crippen molar-refractivity contribution in [2.75, 3.05) is 7.11 Å². The zero-order valence-electron chi connectivity index (χ0n) is 8.00. The number of hydrogen-bond acceptors (Lipinski definition) is 3. The summed E-state index contributed by atoms with van der Waals surface area (Å²) in [4.78, 5) is 13.6. The molecule has 14 heavy (non-hydrogen) atoms. The zero-order chi connectivity index (χ0) is 10.6. The van der Waals surface area contributed by atoms with Gasteiger partial charge < -0.3 is 4.74 Å². The van der Waals surface area contributed by atoms with Crippen LogP contribution in [0.15, 0.2) is 21.6 Å². The highest BCUT2D eigenvalue weighted by molar-refractivity contribution is 9.10. The molecule has 0 saturated carbocycles. The Morgan fingerprint density at radius 2 is 2.29 bits per heavy atom. The van der Waals surface area contributed by atoms with Crippen molar-refractivity contribution in [1.29, 1.82) is 0 Å². The van der Waals surface area contributed by atoms with Crippen molar-refractivity contribution in [3.8, 4) is 5.75 Å². The van der Waals surface area contributed by atoms with Gasteiger partial charge in [0, 0.05) is 10.0 Å². The Kier molecular flexibility index (Phi) is 3.86. The fourth-order valence-electron chi connectivity index (χ4n) is 1.20. The average molecular weight is 256 g/mol. The van der Waals surface area contributed by atoms with Gasteiger partial charge in [-0.1, -0.05) is 15.9 Å². The first-order valence-corrected chi connectivity index (χ1v) is 4.85. The summed E-state index contributed by atoms with van der Waals surface area (Å²) in [5.41, 5.74) is 1.94. The van der Waals surface area contributed by atoms with Gasteiger partial charge in [0.15, 0.2) is 0 Å². The van der Waals surface area contributed by atoms with Crippen molar-refractivity contribution in [1.82, 2.24) is 0 Å². The summed E-state index contributed by atoms with van der Waals surface area (Å²) in [7, 11) is 1.59. The van der Waals surface area contributed by atoms with Crippen LogP contribution in [0.3, 0.4) is 0 Å². The molecule has 0 aromatic heterocycles. The van der Waals surface area contributed by atoms with E-state index in [-0.39, 0.29) is 0 Å². The van der Waals surface area contributed by atoms with E-state index in [1.54, 1.807) is 7.11 Å². The minimum Gasteiger partial charge on any atom is -0.496 e. The predicted octanol–water partition coefficient (Wildman–Crippen LogP) is 2.60. The van der Waals surface area contributed by atoms with E-state index in [2.05, 4.69) is 20.9 Å². The van der Waals surface area contributed by atoms with E-state index in [0.717, 1.165) is 21.3 Å². The zero-order valence-corrected chi connectivity index (χ0v) is 9.59. The van der Waals surface area contributed by atoms with Gasteiger partial charge in [-0.3, -0.25) is 0 Å². The molecule has 0 radical (unpaired) electrons. The molecular weight excluding hydrogens is 246 g/mol. The molecule has 74 valence electrons. The van der Waals surface area contributed by atoms with E-state index < -0.39 is 0 Å². The monoisotopic (exact) mass is 255 g/mol. The molecule has 0 bridgehead atoms. The fraction of sp³-hybridized carbons (Fsp3) is 0.300. The molecule has 1 aromatic rings. The molecule has 1 rings (SSSR count). The Balaban J connectivity index is 3.20. The first-order chi connectivity index (χ1) is 6.70. The van der Waals surface area contributed by atoms with E-state index in [4.69, 9.17) is 4.74 Å². The van der Waals surface area contributed by atoms with E-state index >= 15 is 0 Å². The molecule has 0 heterocycles. The highest BCUT2D eigenvalue weighted by atomic mass is 79.9. The maximum atomic E-state index is 10.0. The van der Waals surface area contributed by atoms with Crippen molar-refractivity contribution in [2.45, 2.75) is 13.5 Å². The lowest BCUT2D eigenvalue weighted by Crippen LogP contribution is -1.95. The smallest absolute Gasteiger partial charge is 0.235 e. The lowest BCUT2D eigenvalue weighted by Gasteiger charge is -2.10. The van der Waals surface area contributed by atoms with E-state index in [9.17, 15) is 4.79 Å². The largest absolute Gasteiger partial charge is 0.496 e. The average Bonchev–Trinajstić information content (AvgIpc) is 2.20. The molecule has 0 atom stereocenters. The first-order valence-electron chi connectivity index (χ1n) is 4.06. The number of aliphatic imine (C=N–C) groups is 1. The maximum absolute atomic E-state index is 10.0. The number of hydrogen-bond donors (Lipinski definition) is 0. The van der Waals surface area contributed by atoms with Crippen LogP contribution in [0.2, 0.25) is 0 Å². The molecule has 3 nitrogen and oxygen atoms in total. The van der Waals surface area contributed by atoms with Gasteiger partial charge in [-0.2, -0.15) is 0 Å². The Morgan fingerprint density at radius 1 is 1.57 bits per heavy atom. The van der Waals surface area contributed by atoms with Crippen LogP contribution in [-0.4, -0.2) is 13.2 Å². The van der Waals surface area contributed by atoms with Crippen LogP contribution >= 0.6 is 15.9 Å². The number of ether oxygens (including phenoxy) is 1. The minimum absolute atomic E-state index is 0.304. The van der Waals surface area contributed by atoms with Gasteiger partial charge in [0.2, 0.25) is 6.08 Å². The lowest BCUT2D eigenvalue weighted by atomic mass is 10.1. The van der Waals surface area contributed by atoms with Crippen LogP contribution in [-0.2, 0) is 11.3 Å². The van der Waals surface area contributed by atoms with Gasteiger partial charge >= 0.3 is 0 Å². The Labute approximate surface area is 90.9 Å². The highest BCUT2D eigenvalue weighted by Gasteiger charge is 2.08. The molecule has 4 heteroatoms. The summed E-state index contributed by atoms with van der Waals surface area (Å²) in [6, 6.07) is 3.75. The summed E-state index contributed by atoms with van der Waals surface area (Å²) in [6.07, 6.45) is 1.52. The number of benzene rings is 1. The summed E-state index contributed by atoms with van der Waals surface area (Å²) in [5, 5.41) is 0. The van der Waals surface area contributed by atoms with Crippen LogP contribution in [0.5, 0.6) is 5.75 Å². The van der Waals surface area contributed by atoms with Crippen LogP contribution in [0.1, 0.15) is 11.1 Å².